The molecule has 1 aromatic heterocycles. The van der Waals surface area contributed by atoms with Gasteiger partial charge in [-0.1, -0.05) is 12.1 Å². The molecule has 1 heterocycles. The Morgan fingerprint density at radius 3 is 2.58 bits per heavy atom. The second kappa shape index (κ2) is 5.86. The first-order valence-corrected chi connectivity index (χ1v) is 5.75. The quantitative estimate of drug-likeness (QED) is 0.879. The predicted octanol–water partition coefficient (Wildman–Crippen LogP) is 1.98. The molecule has 0 saturated heterocycles. The van der Waals surface area contributed by atoms with E-state index in [9.17, 15) is 4.79 Å². The minimum Gasteiger partial charge on any atom is -0.508 e. The van der Waals surface area contributed by atoms with Crippen molar-refractivity contribution in [3.8, 4) is 11.6 Å². The van der Waals surface area contributed by atoms with Crippen molar-refractivity contribution < 1.29 is 14.6 Å². The van der Waals surface area contributed by atoms with Crippen molar-refractivity contribution in [1.29, 1.82) is 0 Å². The fraction of sp³-hybridized carbons (Fsp3) is 0.143. The minimum absolute atomic E-state index is 0.141. The molecule has 2 rings (SSSR count). The van der Waals surface area contributed by atoms with Gasteiger partial charge in [0.25, 0.3) is 0 Å². The van der Waals surface area contributed by atoms with Gasteiger partial charge in [0.1, 0.15) is 5.75 Å². The monoisotopic (exact) mass is 258 g/mol. The molecule has 2 N–H and O–H groups in total. The number of aromatic hydroxyl groups is 1. The number of nitrogens with one attached hydrogen (secondary N) is 1. The molecular weight excluding hydrogens is 244 g/mol. The highest BCUT2D eigenvalue weighted by Gasteiger charge is 2.04. The van der Waals surface area contributed by atoms with Gasteiger partial charge in [-0.05, 0) is 23.8 Å². The molecule has 2 aromatic rings. The van der Waals surface area contributed by atoms with E-state index < -0.39 is 0 Å². The molecule has 0 fully saturated rings. The van der Waals surface area contributed by atoms with Crippen molar-refractivity contribution in [3.63, 3.8) is 0 Å². The standard InChI is InChI=1S/C14H14N2O3/c1-19-14-7-4-11(9-15-14)16-13(18)8-10-2-5-12(17)6-3-10/h2-7,9,17H,8H2,1H3,(H,16,18). The number of hydrogen-bond acceptors (Lipinski definition) is 4. The summed E-state index contributed by atoms with van der Waals surface area (Å²) in [6.07, 6.45) is 1.78. The van der Waals surface area contributed by atoms with E-state index in [0.717, 1.165) is 5.56 Å². The SMILES string of the molecule is COc1ccc(NC(=O)Cc2ccc(O)cc2)cn1. The molecule has 0 unspecified atom stereocenters. The Bertz CT molecular complexity index is 550. The first kappa shape index (κ1) is 12.9. The van der Waals surface area contributed by atoms with Gasteiger partial charge in [0.05, 0.1) is 25.4 Å². The van der Waals surface area contributed by atoms with Crippen molar-refractivity contribution in [3.05, 3.63) is 48.2 Å². The Labute approximate surface area is 110 Å². The molecule has 5 heteroatoms. The third kappa shape index (κ3) is 3.70. The number of rotatable bonds is 4. The van der Waals surface area contributed by atoms with Gasteiger partial charge in [-0.15, -0.1) is 0 Å². The molecule has 0 aliphatic carbocycles. The summed E-state index contributed by atoms with van der Waals surface area (Å²) in [6, 6.07) is 9.92. The second-order valence-corrected chi connectivity index (χ2v) is 3.98. The lowest BCUT2D eigenvalue weighted by molar-refractivity contribution is -0.115. The van der Waals surface area contributed by atoms with Gasteiger partial charge in [0.15, 0.2) is 0 Å². The van der Waals surface area contributed by atoms with E-state index in [0.29, 0.717) is 11.6 Å². The van der Waals surface area contributed by atoms with Crippen LogP contribution in [0.4, 0.5) is 5.69 Å². The van der Waals surface area contributed by atoms with E-state index in [-0.39, 0.29) is 18.1 Å². The minimum atomic E-state index is -0.141. The number of phenolic OH excluding ortho intramolecular Hbond substituents is 1. The number of anilines is 1. The Morgan fingerprint density at radius 2 is 2.00 bits per heavy atom. The van der Waals surface area contributed by atoms with Crippen LogP contribution in [0.15, 0.2) is 42.6 Å². The maximum atomic E-state index is 11.8. The van der Waals surface area contributed by atoms with Gasteiger partial charge in [0, 0.05) is 6.07 Å². The van der Waals surface area contributed by atoms with Crippen LogP contribution in [0.1, 0.15) is 5.56 Å². The highest BCUT2D eigenvalue weighted by atomic mass is 16.5. The lowest BCUT2D eigenvalue weighted by Gasteiger charge is -2.06. The highest BCUT2D eigenvalue weighted by Crippen LogP contribution is 2.13. The summed E-state index contributed by atoms with van der Waals surface area (Å²) in [5, 5.41) is 11.9. The Balaban J connectivity index is 1.95. The number of amides is 1. The molecule has 0 spiro atoms. The van der Waals surface area contributed by atoms with Crippen LogP contribution in [-0.2, 0) is 11.2 Å². The van der Waals surface area contributed by atoms with Gasteiger partial charge in [0.2, 0.25) is 11.8 Å². The first-order valence-electron chi connectivity index (χ1n) is 5.75. The maximum Gasteiger partial charge on any atom is 0.228 e. The third-order valence-electron chi connectivity index (χ3n) is 2.53. The molecule has 0 bridgehead atoms. The highest BCUT2D eigenvalue weighted by molar-refractivity contribution is 5.92. The van der Waals surface area contributed by atoms with E-state index in [4.69, 9.17) is 9.84 Å². The molecule has 0 atom stereocenters. The van der Waals surface area contributed by atoms with Crippen molar-refractivity contribution in [2.45, 2.75) is 6.42 Å². The average Bonchev–Trinajstić information content (AvgIpc) is 2.42. The topological polar surface area (TPSA) is 71.5 Å². The molecule has 0 saturated carbocycles. The lowest BCUT2D eigenvalue weighted by Crippen LogP contribution is -2.14. The van der Waals surface area contributed by atoms with Crippen molar-refractivity contribution in [1.82, 2.24) is 4.98 Å². The van der Waals surface area contributed by atoms with Crippen LogP contribution in [0.5, 0.6) is 11.6 Å². The van der Waals surface area contributed by atoms with Crippen LogP contribution < -0.4 is 10.1 Å². The number of hydrogen-bond donors (Lipinski definition) is 2. The van der Waals surface area contributed by atoms with E-state index in [1.807, 2.05) is 0 Å². The van der Waals surface area contributed by atoms with E-state index in [2.05, 4.69) is 10.3 Å². The summed E-state index contributed by atoms with van der Waals surface area (Å²) in [7, 11) is 1.53. The molecule has 98 valence electrons. The Hall–Kier alpha value is -2.56. The first-order chi connectivity index (χ1) is 9.17. The summed E-state index contributed by atoms with van der Waals surface area (Å²) >= 11 is 0. The van der Waals surface area contributed by atoms with Gasteiger partial charge >= 0.3 is 0 Å². The smallest absolute Gasteiger partial charge is 0.228 e. The molecular formula is C14H14N2O3. The van der Waals surface area contributed by atoms with Gasteiger partial charge in [-0.2, -0.15) is 0 Å². The van der Waals surface area contributed by atoms with Crippen molar-refractivity contribution in [2.75, 3.05) is 12.4 Å². The third-order valence-corrected chi connectivity index (χ3v) is 2.53. The van der Waals surface area contributed by atoms with Crippen LogP contribution >= 0.6 is 0 Å². The fourth-order valence-corrected chi connectivity index (χ4v) is 1.58. The molecule has 0 aliphatic rings. The zero-order chi connectivity index (χ0) is 13.7. The Morgan fingerprint density at radius 1 is 1.26 bits per heavy atom. The zero-order valence-electron chi connectivity index (χ0n) is 10.5. The summed E-state index contributed by atoms with van der Waals surface area (Å²) in [5.74, 6) is 0.540. The second-order valence-electron chi connectivity index (χ2n) is 3.98. The summed E-state index contributed by atoms with van der Waals surface area (Å²) in [6.45, 7) is 0. The van der Waals surface area contributed by atoms with Crippen LogP contribution in [-0.4, -0.2) is 23.1 Å². The van der Waals surface area contributed by atoms with Crippen LogP contribution in [0.25, 0.3) is 0 Å². The van der Waals surface area contributed by atoms with Crippen molar-refractivity contribution in [2.24, 2.45) is 0 Å². The largest absolute Gasteiger partial charge is 0.508 e. The average molecular weight is 258 g/mol. The molecule has 0 radical (unpaired) electrons. The molecule has 1 aromatic carbocycles. The molecule has 19 heavy (non-hydrogen) atoms. The molecule has 1 amide bonds. The number of methoxy groups -OCH3 is 1. The van der Waals surface area contributed by atoms with E-state index in [1.54, 1.807) is 36.4 Å². The van der Waals surface area contributed by atoms with E-state index >= 15 is 0 Å². The molecule has 0 aliphatic heterocycles. The summed E-state index contributed by atoms with van der Waals surface area (Å²) in [5.41, 5.74) is 1.45. The number of carbonyl (C=O) groups is 1. The van der Waals surface area contributed by atoms with Gasteiger partial charge in [-0.3, -0.25) is 4.79 Å². The Kier molecular flexibility index (Phi) is 3.97. The number of nitrogens with zero attached hydrogens (tertiary/aromatic N) is 1. The fourth-order valence-electron chi connectivity index (χ4n) is 1.58. The zero-order valence-corrected chi connectivity index (χ0v) is 10.5. The summed E-state index contributed by atoms with van der Waals surface area (Å²) < 4.78 is 4.93. The predicted molar refractivity (Wildman–Crippen MR) is 71.2 cm³/mol. The maximum absolute atomic E-state index is 11.8. The van der Waals surface area contributed by atoms with E-state index in [1.165, 1.54) is 13.3 Å². The van der Waals surface area contributed by atoms with Crippen LogP contribution in [0.2, 0.25) is 0 Å². The van der Waals surface area contributed by atoms with Crippen LogP contribution in [0.3, 0.4) is 0 Å². The van der Waals surface area contributed by atoms with Gasteiger partial charge in [-0.25, -0.2) is 4.98 Å². The number of benzene rings is 1. The normalized spacial score (nSPS) is 9.95. The number of ether oxygens (including phenoxy) is 1. The van der Waals surface area contributed by atoms with Crippen LogP contribution in [0, 0.1) is 0 Å². The lowest BCUT2D eigenvalue weighted by atomic mass is 10.1. The van der Waals surface area contributed by atoms with Gasteiger partial charge < -0.3 is 15.2 Å². The molecule has 5 nitrogen and oxygen atoms in total. The number of aromatic nitrogens is 1. The van der Waals surface area contributed by atoms with Crippen molar-refractivity contribution >= 4 is 11.6 Å². The number of pyridine rings is 1. The number of carbonyl (C=O) groups excluding carboxylic acids is 1. The number of phenols is 1. The summed E-state index contributed by atoms with van der Waals surface area (Å²) in [4.78, 5) is 15.8.